The molecule has 0 saturated carbocycles. The van der Waals surface area contributed by atoms with E-state index >= 15 is 0 Å². The minimum atomic E-state index is -2.85. The van der Waals surface area contributed by atoms with E-state index in [4.69, 9.17) is 0 Å². The smallest absolute Gasteiger partial charge is 0.387 e. The van der Waals surface area contributed by atoms with Crippen molar-refractivity contribution in [3.63, 3.8) is 0 Å². The lowest BCUT2D eigenvalue weighted by atomic mass is 10.2. The molecule has 0 radical (unpaired) electrons. The third kappa shape index (κ3) is 6.68. The molecule has 1 rings (SSSR count). The first-order valence-corrected chi connectivity index (χ1v) is 6.12. The van der Waals surface area contributed by atoms with Gasteiger partial charge in [0.1, 0.15) is 5.75 Å². The molecule has 1 amide bonds. The quantitative estimate of drug-likeness (QED) is 0.814. The standard InChI is InChI=1S/C13H18F2N2O2.ClH/c1-3-8-16-9(2)12(18)17-10-4-6-11(7-5-10)19-13(14)15;/h4-7,9,13,16H,3,8H2,1-2H3,(H,17,18);1H. The number of benzene rings is 1. The normalized spacial score (nSPS) is 11.7. The van der Waals surface area contributed by atoms with Crippen molar-refractivity contribution in [2.45, 2.75) is 32.9 Å². The van der Waals surface area contributed by atoms with Gasteiger partial charge in [0.15, 0.2) is 0 Å². The summed E-state index contributed by atoms with van der Waals surface area (Å²) in [7, 11) is 0. The lowest BCUT2D eigenvalue weighted by Crippen LogP contribution is -2.38. The second-order valence-electron chi connectivity index (χ2n) is 4.07. The molecule has 0 aliphatic rings. The van der Waals surface area contributed by atoms with E-state index in [1.54, 1.807) is 6.92 Å². The fourth-order valence-corrected chi connectivity index (χ4v) is 1.42. The molecule has 1 aromatic rings. The van der Waals surface area contributed by atoms with Gasteiger partial charge in [-0.05, 0) is 44.2 Å². The van der Waals surface area contributed by atoms with E-state index < -0.39 is 6.61 Å². The van der Waals surface area contributed by atoms with Crippen LogP contribution in [0.25, 0.3) is 0 Å². The predicted octanol–water partition coefficient (Wildman–Crippen LogP) is 3.04. The van der Waals surface area contributed by atoms with Crippen molar-refractivity contribution < 1.29 is 18.3 Å². The molecule has 20 heavy (non-hydrogen) atoms. The summed E-state index contributed by atoms with van der Waals surface area (Å²) >= 11 is 0. The van der Waals surface area contributed by atoms with Crippen LogP contribution in [0.3, 0.4) is 0 Å². The number of carbonyl (C=O) groups is 1. The Morgan fingerprint density at radius 2 is 1.90 bits per heavy atom. The van der Waals surface area contributed by atoms with Crippen LogP contribution in [0, 0.1) is 0 Å². The van der Waals surface area contributed by atoms with Gasteiger partial charge in [-0.3, -0.25) is 4.79 Å². The van der Waals surface area contributed by atoms with Crippen LogP contribution in [-0.2, 0) is 4.79 Å². The summed E-state index contributed by atoms with van der Waals surface area (Å²) in [5.74, 6) is -0.110. The highest BCUT2D eigenvalue weighted by atomic mass is 35.5. The van der Waals surface area contributed by atoms with E-state index in [0.29, 0.717) is 5.69 Å². The van der Waals surface area contributed by atoms with Crippen LogP contribution in [0.15, 0.2) is 24.3 Å². The maximum absolute atomic E-state index is 12.0. The van der Waals surface area contributed by atoms with Crippen LogP contribution in [-0.4, -0.2) is 25.1 Å². The van der Waals surface area contributed by atoms with E-state index in [1.807, 2.05) is 6.92 Å². The highest BCUT2D eigenvalue weighted by molar-refractivity contribution is 5.94. The average molecular weight is 309 g/mol. The number of hydrogen-bond acceptors (Lipinski definition) is 3. The van der Waals surface area contributed by atoms with Gasteiger partial charge >= 0.3 is 6.61 Å². The van der Waals surface area contributed by atoms with E-state index in [9.17, 15) is 13.6 Å². The number of ether oxygens (including phenoxy) is 1. The maximum atomic E-state index is 12.0. The zero-order valence-electron chi connectivity index (χ0n) is 11.4. The Labute approximate surface area is 123 Å². The minimum absolute atomic E-state index is 0. The van der Waals surface area contributed by atoms with Crippen molar-refractivity contribution in [2.24, 2.45) is 0 Å². The second-order valence-corrected chi connectivity index (χ2v) is 4.07. The Kier molecular flexibility index (Phi) is 8.83. The van der Waals surface area contributed by atoms with Crippen LogP contribution in [0.1, 0.15) is 20.3 Å². The van der Waals surface area contributed by atoms with Gasteiger partial charge < -0.3 is 15.4 Å². The van der Waals surface area contributed by atoms with E-state index in [2.05, 4.69) is 15.4 Å². The molecule has 0 saturated heterocycles. The van der Waals surface area contributed by atoms with Crippen molar-refractivity contribution in [2.75, 3.05) is 11.9 Å². The molecule has 0 aromatic heterocycles. The van der Waals surface area contributed by atoms with Crippen molar-refractivity contribution in [1.29, 1.82) is 0 Å². The van der Waals surface area contributed by atoms with Gasteiger partial charge in [-0.15, -0.1) is 12.4 Å². The van der Waals surface area contributed by atoms with E-state index in [1.165, 1.54) is 24.3 Å². The third-order valence-electron chi connectivity index (χ3n) is 2.44. The van der Waals surface area contributed by atoms with Gasteiger partial charge in [-0.1, -0.05) is 6.92 Å². The molecule has 0 fully saturated rings. The fraction of sp³-hybridized carbons (Fsp3) is 0.462. The van der Waals surface area contributed by atoms with Gasteiger partial charge in [0, 0.05) is 5.69 Å². The Balaban J connectivity index is 0.00000361. The SMILES string of the molecule is CCCNC(C)C(=O)Nc1ccc(OC(F)F)cc1.Cl. The van der Waals surface area contributed by atoms with Gasteiger partial charge in [0.2, 0.25) is 5.91 Å². The lowest BCUT2D eigenvalue weighted by molar-refractivity contribution is -0.117. The number of anilines is 1. The molecule has 0 bridgehead atoms. The molecule has 0 spiro atoms. The minimum Gasteiger partial charge on any atom is -0.435 e. The predicted molar refractivity (Wildman–Crippen MR) is 76.7 cm³/mol. The Morgan fingerprint density at radius 1 is 1.30 bits per heavy atom. The van der Waals surface area contributed by atoms with Crippen LogP contribution < -0.4 is 15.4 Å². The van der Waals surface area contributed by atoms with Crippen LogP contribution >= 0.6 is 12.4 Å². The largest absolute Gasteiger partial charge is 0.435 e. The fourth-order valence-electron chi connectivity index (χ4n) is 1.42. The summed E-state index contributed by atoms with van der Waals surface area (Å²) < 4.78 is 28.1. The molecule has 0 aliphatic heterocycles. The number of hydrogen-bond donors (Lipinski definition) is 2. The van der Waals surface area contributed by atoms with Crippen molar-refractivity contribution in [3.8, 4) is 5.75 Å². The van der Waals surface area contributed by atoms with Gasteiger partial charge in [0.05, 0.1) is 6.04 Å². The number of alkyl halides is 2. The van der Waals surface area contributed by atoms with E-state index in [0.717, 1.165) is 13.0 Å². The molecule has 4 nitrogen and oxygen atoms in total. The van der Waals surface area contributed by atoms with Crippen molar-refractivity contribution in [1.82, 2.24) is 5.32 Å². The highest BCUT2D eigenvalue weighted by Crippen LogP contribution is 2.17. The molecular formula is C13H19ClF2N2O2. The number of halogens is 3. The summed E-state index contributed by atoms with van der Waals surface area (Å²) in [6.45, 7) is 1.69. The molecule has 1 unspecified atom stereocenters. The number of amides is 1. The topological polar surface area (TPSA) is 50.4 Å². The Morgan fingerprint density at radius 3 is 2.40 bits per heavy atom. The molecular weight excluding hydrogens is 290 g/mol. The number of carbonyl (C=O) groups excluding carboxylic acids is 1. The summed E-state index contributed by atoms with van der Waals surface area (Å²) in [6, 6.07) is 5.49. The second kappa shape index (κ2) is 9.50. The zero-order chi connectivity index (χ0) is 14.3. The van der Waals surface area contributed by atoms with Crippen molar-refractivity contribution >= 4 is 24.0 Å². The van der Waals surface area contributed by atoms with E-state index in [-0.39, 0.29) is 30.1 Å². The van der Waals surface area contributed by atoms with Crippen LogP contribution in [0.5, 0.6) is 5.75 Å². The van der Waals surface area contributed by atoms with Crippen molar-refractivity contribution in [3.05, 3.63) is 24.3 Å². The summed E-state index contributed by atoms with van der Waals surface area (Å²) in [6.07, 6.45) is 0.942. The molecule has 1 aromatic carbocycles. The van der Waals surface area contributed by atoms with Gasteiger partial charge in [-0.25, -0.2) is 0 Å². The number of nitrogens with one attached hydrogen (secondary N) is 2. The molecule has 2 N–H and O–H groups in total. The Bertz CT molecular complexity index is 402. The first kappa shape index (κ1) is 18.6. The number of rotatable bonds is 7. The first-order chi connectivity index (χ1) is 9.02. The maximum Gasteiger partial charge on any atom is 0.387 e. The first-order valence-electron chi connectivity index (χ1n) is 6.12. The summed E-state index contributed by atoms with van der Waals surface area (Å²) in [5.41, 5.74) is 0.539. The lowest BCUT2D eigenvalue weighted by Gasteiger charge is -2.13. The average Bonchev–Trinajstić information content (AvgIpc) is 2.37. The van der Waals surface area contributed by atoms with Gasteiger partial charge in [-0.2, -0.15) is 8.78 Å². The van der Waals surface area contributed by atoms with Gasteiger partial charge in [0.25, 0.3) is 0 Å². The zero-order valence-corrected chi connectivity index (χ0v) is 12.2. The van der Waals surface area contributed by atoms with Crippen LogP contribution in [0.4, 0.5) is 14.5 Å². The van der Waals surface area contributed by atoms with Crippen LogP contribution in [0.2, 0.25) is 0 Å². The highest BCUT2D eigenvalue weighted by Gasteiger charge is 2.11. The Hall–Kier alpha value is -1.40. The summed E-state index contributed by atoms with van der Waals surface area (Å²) in [5, 5.41) is 5.74. The molecule has 0 aliphatic carbocycles. The molecule has 1 atom stereocenters. The molecule has 0 heterocycles. The molecule has 114 valence electrons. The monoisotopic (exact) mass is 308 g/mol. The third-order valence-corrected chi connectivity index (χ3v) is 2.44. The summed E-state index contributed by atoms with van der Waals surface area (Å²) in [4.78, 5) is 11.8. The molecule has 7 heteroatoms.